The number of para-hydroxylation sites is 1. The Labute approximate surface area is 166 Å². The predicted molar refractivity (Wildman–Crippen MR) is 111 cm³/mol. The first-order valence-electron chi connectivity index (χ1n) is 10.2. The number of rotatable bonds is 4. The van der Waals surface area contributed by atoms with E-state index < -0.39 is 0 Å². The van der Waals surface area contributed by atoms with E-state index in [9.17, 15) is 9.18 Å². The van der Waals surface area contributed by atoms with Gasteiger partial charge in [-0.1, -0.05) is 25.1 Å². The number of piperazine rings is 1. The topological polar surface area (TPSA) is 35.6 Å². The highest BCUT2D eigenvalue weighted by Crippen LogP contribution is 2.37. The van der Waals surface area contributed by atoms with Crippen LogP contribution in [0.2, 0.25) is 0 Å². The van der Waals surface area contributed by atoms with Crippen LogP contribution in [-0.4, -0.2) is 37.6 Å². The number of nitrogens with one attached hydrogen (secondary N) is 1. The van der Waals surface area contributed by atoms with Crippen molar-refractivity contribution in [1.82, 2.24) is 5.32 Å². The van der Waals surface area contributed by atoms with E-state index in [1.807, 2.05) is 12.1 Å². The molecule has 2 heterocycles. The predicted octanol–water partition coefficient (Wildman–Crippen LogP) is 3.61. The zero-order valence-corrected chi connectivity index (χ0v) is 16.6. The molecule has 3 atom stereocenters. The molecule has 2 aliphatic heterocycles. The van der Waals surface area contributed by atoms with Crippen molar-refractivity contribution < 1.29 is 9.18 Å². The number of carbonyl (C=O) groups excluding carboxylic acids is 1. The molecule has 0 aliphatic carbocycles. The summed E-state index contributed by atoms with van der Waals surface area (Å²) in [7, 11) is 0. The van der Waals surface area contributed by atoms with Crippen molar-refractivity contribution in [3.63, 3.8) is 0 Å². The molecule has 0 aromatic heterocycles. The Balaban J connectivity index is 1.62. The lowest BCUT2D eigenvalue weighted by molar-refractivity contribution is -0.126. The van der Waals surface area contributed by atoms with Gasteiger partial charge < -0.3 is 15.1 Å². The Morgan fingerprint density at radius 2 is 1.93 bits per heavy atom. The van der Waals surface area contributed by atoms with Crippen LogP contribution in [0.15, 0.2) is 48.5 Å². The van der Waals surface area contributed by atoms with Gasteiger partial charge in [-0.25, -0.2) is 4.39 Å². The molecule has 28 heavy (non-hydrogen) atoms. The smallest absolute Gasteiger partial charge is 0.225 e. The summed E-state index contributed by atoms with van der Waals surface area (Å²) in [6, 6.07) is 15.4. The fourth-order valence-electron chi connectivity index (χ4n) is 4.40. The Morgan fingerprint density at radius 1 is 1.18 bits per heavy atom. The van der Waals surface area contributed by atoms with Crippen LogP contribution in [0.5, 0.6) is 0 Å². The average Bonchev–Trinajstić information content (AvgIpc) is 2.73. The number of carbonyl (C=O) groups is 1. The molecule has 4 rings (SSSR count). The number of amides is 1. The number of hydrogen-bond acceptors (Lipinski definition) is 3. The van der Waals surface area contributed by atoms with Gasteiger partial charge in [0, 0.05) is 37.1 Å². The lowest BCUT2D eigenvalue weighted by Gasteiger charge is -2.49. The number of nitrogens with zero attached hydrogens (tertiary/aromatic N) is 2. The van der Waals surface area contributed by atoms with Gasteiger partial charge in [-0.2, -0.15) is 0 Å². The molecule has 0 unspecified atom stereocenters. The zero-order chi connectivity index (χ0) is 19.7. The molecule has 0 saturated carbocycles. The molecule has 2 aliphatic rings. The van der Waals surface area contributed by atoms with Crippen LogP contribution in [0.1, 0.15) is 25.8 Å². The summed E-state index contributed by atoms with van der Waals surface area (Å²) in [5.41, 5.74) is 3.51. The summed E-state index contributed by atoms with van der Waals surface area (Å²) < 4.78 is 13.3. The minimum absolute atomic E-state index is 0.0906. The normalized spacial score (nSPS) is 22.2. The zero-order valence-electron chi connectivity index (χ0n) is 16.6. The van der Waals surface area contributed by atoms with Crippen LogP contribution >= 0.6 is 0 Å². The molecule has 2 aromatic carbocycles. The summed E-state index contributed by atoms with van der Waals surface area (Å²) >= 11 is 0. The van der Waals surface area contributed by atoms with Gasteiger partial charge in [0.05, 0.1) is 12.0 Å². The third-order valence-electron chi connectivity index (χ3n) is 6.15. The van der Waals surface area contributed by atoms with Crippen molar-refractivity contribution in [2.45, 2.75) is 38.8 Å². The Morgan fingerprint density at radius 3 is 2.68 bits per heavy atom. The van der Waals surface area contributed by atoms with Gasteiger partial charge >= 0.3 is 0 Å². The van der Waals surface area contributed by atoms with Gasteiger partial charge in [-0.05, 0) is 55.7 Å². The van der Waals surface area contributed by atoms with E-state index in [0.29, 0.717) is 0 Å². The molecule has 5 heteroatoms. The lowest BCUT2D eigenvalue weighted by atomic mass is 9.83. The summed E-state index contributed by atoms with van der Waals surface area (Å²) in [4.78, 5) is 17.8. The molecule has 1 fully saturated rings. The maximum atomic E-state index is 13.3. The van der Waals surface area contributed by atoms with Gasteiger partial charge in [0.2, 0.25) is 5.91 Å². The Bertz CT molecular complexity index is 838. The second-order valence-corrected chi connectivity index (χ2v) is 7.94. The van der Waals surface area contributed by atoms with E-state index >= 15 is 0 Å². The summed E-state index contributed by atoms with van der Waals surface area (Å²) in [6.45, 7) is 6.61. The van der Waals surface area contributed by atoms with Crippen LogP contribution in [0.3, 0.4) is 0 Å². The molecule has 0 bridgehead atoms. The van der Waals surface area contributed by atoms with E-state index in [2.05, 4.69) is 53.2 Å². The monoisotopic (exact) mass is 381 g/mol. The van der Waals surface area contributed by atoms with Crippen molar-refractivity contribution in [2.24, 2.45) is 5.92 Å². The fraction of sp³-hybridized carbons (Fsp3) is 0.435. The summed E-state index contributed by atoms with van der Waals surface area (Å²) in [5.74, 6) is -0.174. The van der Waals surface area contributed by atoms with E-state index in [4.69, 9.17) is 0 Å². The van der Waals surface area contributed by atoms with Crippen molar-refractivity contribution >= 4 is 17.3 Å². The third-order valence-corrected chi connectivity index (χ3v) is 6.15. The van der Waals surface area contributed by atoms with Crippen LogP contribution < -0.4 is 15.1 Å². The largest absolute Gasteiger partial charge is 0.368 e. The second-order valence-electron chi connectivity index (χ2n) is 7.94. The highest BCUT2D eigenvalue weighted by atomic mass is 19.1. The van der Waals surface area contributed by atoms with Crippen molar-refractivity contribution in [1.29, 1.82) is 0 Å². The average molecular weight is 381 g/mol. The molecular formula is C23H28FN3O. The molecule has 1 saturated heterocycles. The van der Waals surface area contributed by atoms with Crippen LogP contribution in [0, 0.1) is 11.7 Å². The van der Waals surface area contributed by atoms with Crippen molar-refractivity contribution in [3.05, 3.63) is 59.9 Å². The first-order chi connectivity index (χ1) is 13.6. The van der Waals surface area contributed by atoms with Gasteiger partial charge in [0.25, 0.3) is 0 Å². The van der Waals surface area contributed by atoms with Gasteiger partial charge in [0.1, 0.15) is 5.82 Å². The molecule has 148 valence electrons. The minimum Gasteiger partial charge on any atom is -0.368 e. The highest BCUT2D eigenvalue weighted by molar-refractivity contribution is 5.82. The van der Waals surface area contributed by atoms with Crippen LogP contribution in [-0.2, 0) is 11.2 Å². The van der Waals surface area contributed by atoms with Crippen LogP contribution in [0.4, 0.5) is 15.8 Å². The minimum atomic E-state index is -0.222. The summed E-state index contributed by atoms with van der Waals surface area (Å²) in [5, 5.41) is 3.19. The van der Waals surface area contributed by atoms with Gasteiger partial charge in [0.15, 0.2) is 0 Å². The number of halogens is 1. The first kappa shape index (κ1) is 18.8. The molecule has 1 amide bonds. The number of hydrogen-bond donors (Lipinski definition) is 1. The quantitative estimate of drug-likeness (QED) is 0.879. The summed E-state index contributed by atoms with van der Waals surface area (Å²) in [6.07, 6.45) is 1.68. The van der Waals surface area contributed by atoms with E-state index in [-0.39, 0.29) is 29.7 Å². The molecular weight excluding hydrogens is 353 g/mol. The SMILES string of the molecule is CC[C@H](C)NC(=O)[C@@H]1Cc2ccccc2N2CCN(c3ccc(F)cc3)C[C@H]12. The maximum Gasteiger partial charge on any atom is 0.225 e. The number of fused-ring (bicyclic) bond motifs is 3. The maximum absolute atomic E-state index is 13.3. The van der Waals surface area contributed by atoms with E-state index in [0.717, 1.165) is 38.2 Å². The standard InChI is InChI=1S/C23H28FN3O/c1-3-16(2)25-23(28)20-14-17-6-4-5-7-21(17)27-13-12-26(15-22(20)27)19-10-8-18(24)9-11-19/h4-11,16,20,22H,3,12-15H2,1-2H3,(H,25,28)/t16-,20+,22+/m0/s1. The van der Waals surface area contributed by atoms with Crippen molar-refractivity contribution in [2.75, 3.05) is 29.4 Å². The fourth-order valence-corrected chi connectivity index (χ4v) is 4.40. The first-order valence-corrected chi connectivity index (χ1v) is 10.2. The molecule has 0 radical (unpaired) electrons. The molecule has 0 spiro atoms. The number of benzene rings is 2. The van der Waals surface area contributed by atoms with Crippen molar-refractivity contribution in [3.8, 4) is 0 Å². The Hall–Kier alpha value is -2.56. The second kappa shape index (κ2) is 7.82. The van der Waals surface area contributed by atoms with Gasteiger partial charge in [-0.15, -0.1) is 0 Å². The highest BCUT2D eigenvalue weighted by Gasteiger charge is 2.41. The Kier molecular flexibility index (Phi) is 5.25. The third kappa shape index (κ3) is 3.58. The van der Waals surface area contributed by atoms with Gasteiger partial charge in [-0.3, -0.25) is 4.79 Å². The van der Waals surface area contributed by atoms with E-state index in [1.54, 1.807) is 0 Å². The van der Waals surface area contributed by atoms with Crippen LogP contribution in [0.25, 0.3) is 0 Å². The molecule has 1 N–H and O–H groups in total. The molecule has 2 aromatic rings. The van der Waals surface area contributed by atoms with E-state index in [1.165, 1.54) is 23.4 Å². The number of anilines is 2. The lowest BCUT2D eigenvalue weighted by Crippen LogP contribution is -2.61. The molecule has 4 nitrogen and oxygen atoms in total.